The van der Waals surface area contributed by atoms with Gasteiger partial charge in [0, 0.05) is 44.4 Å². The first-order valence-electron chi connectivity index (χ1n) is 22.8. The summed E-state index contributed by atoms with van der Waals surface area (Å²) in [4.78, 5) is 45.5. The van der Waals surface area contributed by atoms with E-state index in [2.05, 4.69) is 64.8 Å². The molecule has 8 heteroatoms. The quantitative estimate of drug-likeness (QED) is 0.233. The number of allylic oxidation sites excluding steroid dienone is 2. The van der Waals surface area contributed by atoms with E-state index in [-0.39, 0.29) is 62.5 Å². The van der Waals surface area contributed by atoms with Crippen molar-refractivity contribution in [3.05, 3.63) is 95.1 Å². The maximum atomic E-state index is 15.1. The number of hydrogen-bond donors (Lipinski definition) is 1. The molecule has 60 heavy (non-hydrogen) atoms. The number of fused-ring (bicyclic) bond motifs is 7. The Morgan fingerprint density at radius 2 is 1.27 bits per heavy atom. The van der Waals surface area contributed by atoms with Crippen molar-refractivity contribution in [3.63, 3.8) is 0 Å². The van der Waals surface area contributed by atoms with Gasteiger partial charge in [-0.25, -0.2) is 8.78 Å². The van der Waals surface area contributed by atoms with Crippen LogP contribution in [0.25, 0.3) is 12.2 Å². The van der Waals surface area contributed by atoms with Gasteiger partial charge in [-0.1, -0.05) is 84.4 Å². The number of amides is 3. The van der Waals surface area contributed by atoms with Crippen molar-refractivity contribution in [1.29, 1.82) is 0 Å². The van der Waals surface area contributed by atoms with E-state index >= 15 is 4.79 Å². The molecule has 4 saturated carbocycles. The lowest BCUT2D eigenvalue weighted by Gasteiger charge is -2.71. The topological polar surface area (TPSA) is 69.7 Å². The van der Waals surface area contributed by atoms with Crippen LogP contribution in [0.4, 0.5) is 8.78 Å². The van der Waals surface area contributed by atoms with E-state index < -0.39 is 5.41 Å². The molecule has 0 unspecified atom stereocenters. The van der Waals surface area contributed by atoms with Gasteiger partial charge in [0.25, 0.3) is 0 Å². The molecule has 8 rings (SSSR count). The summed E-state index contributed by atoms with van der Waals surface area (Å²) in [5.74, 6) is 0.716. The molecule has 6 nitrogen and oxygen atoms in total. The minimum Gasteiger partial charge on any atom is -0.349 e. The van der Waals surface area contributed by atoms with Crippen LogP contribution in [0.15, 0.2) is 72.3 Å². The van der Waals surface area contributed by atoms with Gasteiger partial charge < -0.3 is 15.1 Å². The fraction of sp³-hybridized carbons (Fsp3) is 0.596. The van der Waals surface area contributed by atoms with E-state index in [4.69, 9.17) is 0 Å². The molecule has 322 valence electrons. The Balaban J connectivity index is 0.992. The number of benzene rings is 2. The molecule has 5 aliphatic carbocycles. The molecule has 5 fully saturated rings. The zero-order valence-corrected chi connectivity index (χ0v) is 37.1. The van der Waals surface area contributed by atoms with E-state index in [0.717, 1.165) is 75.3 Å². The number of rotatable bonds is 6. The maximum absolute atomic E-state index is 15.1. The Morgan fingerprint density at radius 1 is 0.683 bits per heavy atom. The molecular weight excluding hydrogens is 753 g/mol. The second-order valence-electron chi connectivity index (χ2n) is 21.7. The van der Waals surface area contributed by atoms with Gasteiger partial charge in [0.1, 0.15) is 11.6 Å². The van der Waals surface area contributed by atoms with E-state index in [9.17, 15) is 18.4 Å². The number of halogens is 2. The Bertz CT molecular complexity index is 2080. The van der Waals surface area contributed by atoms with Crippen molar-refractivity contribution in [1.82, 2.24) is 15.1 Å². The summed E-state index contributed by atoms with van der Waals surface area (Å²) >= 11 is 0. The molecule has 8 atom stereocenters. The summed E-state index contributed by atoms with van der Waals surface area (Å²) in [6, 6.07) is 12.4. The number of nitrogens with zero attached hydrogens (tertiary/aromatic N) is 2. The van der Waals surface area contributed by atoms with Gasteiger partial charge in [0.05, 0.1) is 5.41 Å². The monoisotopic (exact) mass is 820 g/mol. The summed E-state index contributed by atoms with van der Waals surface area (Å²) in [5, 5.41) is 3.40. The van der Waals surface area contributed by atoms with Crippen LogP contribution in [0.1, 0.15) is 124 Å². The van der Waals surface area contributed by atoms with Crippen molar-refractivity contribution in [3.8, 4) is 0 Å². The van der Waals surface area contributed by atoms with Gasteiger partial charge in [-0.05, 0) is 157 Å². The predicted molar refractivity (Wildman–Crippen MR) is 235 cm³/mol. The third kappa shape index (κ3) is 7.19. The first-order chi connectivity index (χ1) is 28.3. The number of hydrogen-bond acceptors (Lipinski definition) is 3. The first kappa shape index (κ1) is 42.6. The smallest absolute Gasteiger partial charge is 0.246 e. The fourth-order valence-corrected chi connectivity index (χ4v) is 14.1. The molecule has 0 aromatic heterocycles. The number of carbonyl (C=O) groups is 3. The summed E-state index contributed by atoms with van der Waals surface area (Å²) in [5.41, 5.74) is 2.99. The molecule has 0 bridgehead atoms. The van der Waals surface area contributed by atoms with Crippen LogP contribution < -0.4 is 5.32 Å². The molecule has 1 N–H and O–H groups in total. The van der Waals surface area contributed by atoms with Crippen molar-refractivity contribution >= 4 is 29.9 Å². The number of nitrogens with one attached hydrogen (secondary N) is 1. The average molecular weight is 820 g/mol. The molecule has 1 saturated heterocycles. The molecule has 3 amide bonds. The zero-order chi connectivity index (χ0) is 42.9. The molecule has 1 aliphatic heterocycles. The standard InChI is InChI=1S/C52H67F2N3O3/c1-47(2)26-28-52(46(60)57-32-30-56(31-33-57)45(59)21-13-36-10-16-38(54)17-11-36)29-27-50(6)39(40(52)34-47)18-19-42-49(5)24-23-43(48(3,4)41(49)22-25-51(42,50)7)55-44(58)20-12-35-8-14-37(53)15-9-35/h8-18,20-21,40-43H,19,22-34H2,1-7H3,(H,55,58)/b20-12+,21-13+/t40-,41-,42+,43-,49-,50+,51+,52-/m0/s1. The van der Waals surface area contributed by atoms with Crippen molar-refractivity contribution < 1.29 is 23.2 Å². The van der Waals surface area contributed by atoms with Crippen molar-refractivity contribution in [2.24, 2.45) is 50.2 Å². The SMILES string of the molecule is CC1(C)CC[C@]2(C(=O)N3CCN(C(=O)/C=C/c4ccc(F)cc4)CC3)CC[C@]3(C)C(=CC[C@@H]4[C@@]5(C)CC[C@H](NC(=O)/C=C/c6ccc(F)cc6)C(C)(C)[C@@H]5CC[C@]43C)[C@@H]2C1. The van der Waals surface area contributed by atoms with Crippen LogP contribution in [0.3, 0.4) is 0 Å². The van der Waals surface area contributed by atoms with Crippen molar-refractivity contribution in [2.45, 2.75) is 119 Å². The second kappa shape index (κ2) is 15.4. The molecule has 2 aromatic rings. The van der Waals surface area contributed by atoms with Crippen LogP contribution in [-0.4, -0.2) is 59.7 Å². The summed E-state index contributed by atoms with van der Waals surface area (Å²) in [6.07, 6.45) is 19.5. The third-order valence-corrected chi connectivity index (χ3v) is 17.9. The van der Waals surface area contributed by atoms with Gasteiger partial charge in [0.2, 0.25) is 17.7 Å². The second-order valence-corrected chi connectivity index (χ2v) is 21.7. The van der Waals surface area contributed by atoms with Gasteiger partial charge in [-0.2, -0.15) is 0 Å². The normalized spacial score (nSPS) is 35.8. The lowest BCUT2D eigenvalue weighted by atomic mass is 9.33. The summed E-state index contributed by atoms with van der Waals surface area (Å²) in [6.45, 7) is 19.4. The van der Waals surface area contributed by atoms with E-state index in [1.54, 1.807) is 54.1 Å². The van der Waals surface area contributed by atoms with Crippen molar-refractivity contribution in [2.75, 3.05) is 26.2 Å². The molecule has 2 aromatic carbocycles. The van der Waals surface area contributed by atoms with E-state index in [1.807, 2.05) is 4.90 Å². The van der Waals surface area contributed by atoms with Crippen LogP contribution in [0.2, 0.25) is 0 Å². The van der Waals surface area contributed by atoms with Crippen LogP contribution in [0.5, 0.6) is 0 Å². The van der Waals surface area contributed by atoms with Gasteiger partial charge in [0.15, 0.2) is 0 Å². The zero-order valence-electron chi connectivity index (χ0n) is 37.1. The van der Waals surface area contributed by atoms with Gasteiger partial charge >= 0.3 is 0 Å². The fourth-order valence-electron chi connectivity index (χ4n) is 14.1. The van der Waals surface area contributed by atoms with Gasteiger partial charge in [-0.3, -0.25) is 14.4 Å². The average Bonchev–Trinajstić information content (AvgIpc) is 3.21. The molecular formula is C52H67F2N3O3. The summed E-state index contributed by atoms with van der Waals surface area (Å²) in [7, 11) is 0. The largest absolute Gasteiger partial charge is 0.349 e. The highest BCUT2D eigenvalue weighted by molar-refractivity contribution is 5.92. The first-order valence-corrected chi connectivity index (χ1v) is 22.8. The van der Waals surface area contributed by atoms with Crippen LogP contribution in [0, 0.1) is 61.9 Å². The highest BCUT2D eigenvalue weighted by Gasteiger charge is 2.69. The Morgan fingerprint density at radius 3 is 1.90 bits per heavy atom. The molecule has 6 aliphatic rings. The minimum atomic E-state index is -0.413. The van der Waals surface area contributed by atoms with Gasteiger partial charge in [-0.15, -0.1) is 0 Å². The molecule has 0 radical (unpaired) electrons. The van der Waals surface area contributed by atoms with E-state index in [0.29, 0.717) is 43.9 Å². The Labute approximate surface area is 357 Å². The van der Waals surface area contributed by atoms with Crippen LogP contribution in [-0.2, 0) is 14.4 Å². The highest BCUT2D eigenvalue weighted by atomic mass is 19.1. The Kier molecular flexibility index (Phi) is 10.9. The Hall–Kier alpha value is -4.07. The third-order valence-electron chi connectivity index (χ3n) is 17.9. The highest BCUT2D eigenvalue weighted by Crippen LogP contribution is 2.76. The minimum absolute atomic E-state index is 0.00586. The maximum Gasteiger partial charge on any atom is 0.246 e. The number of piperazine rings is 1. The molecule has 0 spiro atoms. The van der Waals surface area contributed by atoms with Crippen LogP contribution >= 0.6 is 0 Å². The lowest BCUT2D eigenvalue weighted by molar-refractivity contribution is -0.190. The number of carbonyl (C=O) groups excluding carboxylic acids is 3. The summed E-state index contributed by atoms with van der Waals surface area (Å²) < 4.78 is 26.8. The predicted octanol–water partition coefficient (Wildman–Crippen LogP) is 10.6. The lowest BCUT2D eigenvalue weighted by Crippen LogP contribution is -2.67. The van der Waals surface area contributed by atoms with E-state index in [1.165, 1.54) is 24.3 Å². The molecule has 1 heterocycles.